The molecule has 0 spiro atoms. The Morgan fingerprint density at radius 1 is 0.622 bits per heavy atom. The van der Waals surface area contributed by atoms with Gasteiger partial charge in [-0.3, -0.25) is 0 Å². The van der Waals surface area contributed by atoms with Crippen LogP contribution in [0.15, 0.2) is 60.7 Å². The van der Waals surface area contributed by atoms with E-state index in [9.17, 15) is 0 Å². The van der Waals surface area contributed by atoms with Gasteiger partial charge in [-0.05, 0) is 60.2 Å². The Bertz CT molecular complexity index is 775. The number of hydrogen-bond acceptors (Lipinski definition) is 6. The van der Waals surface area contributed by atoms with Gasteiger partial charge in [0.1, 0.15) is 0 Å². The molecule has 0 radical (unpaired) electrons. The van der Waals surface area contributed by atoms with Gasteiger partial charge in [0.25, 0.3) is 0 Å². The maximum atomic E-state index is 2.34. The predicted molar refractivity (Wildman–Crippen MR) is 187 cm³/mol. The Kier molecular flexibility index (Phi) is 20.5. The Balaban J connectivity index is 0.000000281. The second-order valence-electron chi connectivity index (χ2n) is 10.2. The van der Waals surface area contributed by atoms with Crippen LogP contribution in [0.3, 0.4) is 0 Å². The molecule has 0 aliphatic heterocycles. The van der Waals surface area contributed by atoms with Gasteiger partial charge in [0.05, 0.1) is 0 Å². The molecular weight excluding hydrogens is 565 g/mol. The van der Waals surface area contributed by atoms with Gasteiger partial charge < -0.3 is 0 Å². The maximum Gasteiger partial charge on any atom is 0.0423 e. The zero-order valence-corrected chi connectivity index (χ0v) is 29.3. The molecule has 2 aromatic rings. The van der Waals surface area contributed by atoms with Gasteiger partial charge in [0.15, 0.2) is 0 Å². The van der Waals surface area contributed by atoms with Gasteiger partial charge in [-0.25, -0.2) is 0 Å². The minimum absolute atomic E-state index is 0.621. The van der Waals surface area contributed by atoms with Gasteiger partial charge in [-0.1, -0.05) is 174 Å². The van der Waals surface area contributed by atoms with Crippen molar-refractivity contribution in [3.63, 3.8) is 0 Å². The number of rotatable bonds is 13. The lowest BCUT2D eigenvalue weighted by Crippen LogP contribution is -2.11. The third kappa shape index (κ3) is 15.2. The summed E-state index contributed by atoms with van der Waals surface area (Å²) < 4.78 is 0. The SMILES string of the molecule is CCSSC(c1ccccc1)C(C)C.CSSC(C(C)C)C1CC1.CSSC(c1ccccc1)C(C)C. The van der Waals surface area contributed by atoms with E-state index in [4.69, 9.17) is 0 Å². The molecule has 0 saturated heterocycles. The van der Waals surface area contributed by atoms with Crippen LogP contribution in [0.1, 0.15) is 82.9 Å². The molecule has 0 amide bonds. The second kappa shape index (κ2) is 21.3. The quantitative estimate of drug-likeness (QED) is 0.204. The van der Waals surface area contributed by atoms with Crippen molar-refractivity contribution in [2.45, 2.75) is 77.1 Å². The largest absolute Gasteiger partial charge is 0.0973 e. The number of hydrogen-bond donors (Lipinski definition) is 0. The van der Waals surface area contributed by atoms with Crippen molar-refractivity contribution in [3.05, 3.63) is 71.8 Å². The Morgan fingerprint density at radius 2 is 1.05 bits per heavy atom. The van der Waals surface area contributed by atoms with Crippen LogP contribution in [0.2, 0.25) is 0 Å². The monoisotopic (exact) mass is 614 g/mol. The van der Waals surface area contributed by atoms with Crippen molar-refractivity contribution >= 4 is 64.8 Å². The molecule has 1 fully saturated rings. The van der Waals surface area contributed by atoms with Crippen molar-refractivity contribution in [2.24, 2.45) is 23.7 Å². The second-order valence-corrected chi connectivity index (χ2v) is 18.3. The van der Waals surface area contributed by atoms with Gasteiger partial charge in [-0.15, -0.1) is 0 Å². The Morgan fingerprint density at radius 3 is 1.38 bits per heavy atom. The predicted octanol–water partition coefficient (Wildman–Crippen LogP) is 12.6. The average Bonchev–Trinajstić information content (AvgIpc) is 3.73. The standard InChI is InChI=1S/C12H18S2.C11H16S2.C8H16S2/c1-4-13-14-12(10(2)3)11-8-6-5-7-9-11;1-9(2)11(13-12-3)10-7-5-4-6-8-10;1-6(2)8(10-9-3)7-4-5-7/h5-10,12H,4H2,1-3H3;4-9,11H,1-3H3;6-8H,4-5H2,1-3H3. The molecule has 3 unspecified atom stereocenters. The first-order chi connectivity index (χ1) is 17.8. The lowest BCUT2D eigenvalue weighted by molar-refractivity contribution is 0.562. The zero-order valence-electron chi connectivity index (χ0n) is 24.4. The molecule has 2 aromatic carbocycles. The van der Waals surface area contributed by atoms with Crippen LogP contribution in [0, 0.1) is 23.7 Å². The molecule has 1 aliphatic rings. The first kappa shape index (κ1) is 35.6. The summed E-state index contributed by atoms with van der Waals surface area (Å²) in [6.07, 6.45) is 7.29. The van der Waals surface area contributed by atoms with Gasteiger partial charge in [0.2, 0.25) is 0 Å². The molecule has 0 bridgehead atoms. The molecule has 0 heterocycles. The van der Waals surface area contributed by atoms with Crippen molar-refractivity contribution in [2.75, 3.05) is 18.3 Å². The van der Waals surface area contributed by atoms with E-state index in [2.05, 4.69) is 132 Å². The van der Waals surface area contributed by atoms with E-state index in [1.165, 1.54) is 29.7 Å². The van der Waals surface area contributed by atoms with Gasteiger partial charge in [0, 0.05) is 21.5 Å². The van der Waals surface area contributed by atoms with E-state index in [-0.39, 0.29) is 0 Å². The molecule has 0 aromatic heterocycles. The van der Waals surface area contributed by atoms with Crippen molar-refractivity contribution in [1.82, 2.24) is 0 Å². The highest BCUT2D eigenvalue weighted by Crippen LogP contribution is 2.46. The third-order valence-electron chi connectivity index (χ3n) is 5.91. The van der Waals surface area contributed by atoms with Crippen LogP contribution < -0.4 is 0 Å². The first-order valence-corrected chi connectivity index (χ1v) is 21.2. The fourth-order valence-corrected chi connectivity index (χ4v) is 11.5. The third-order valence-corrected chi connectivity index (χ3v) is 14.0. The highest BCUT2D eigenvalue weighted by molar-refractivity contribution is 8.77. The lowest BCUT2D eigenvalue weighted by Gasteiger charge is -2.19. The summed E-state index contributed by atoms with van der Waals surface area (Å²) in [6.45, 7) is 16.0. The van der Waals surface area contributed by atoms with Crippen LogP contribution in [0.4, 0.5) is 0 Å². The minimum Gasteiger partial charge on any atom is -0.0973 e. The Hall–Kier alpha value is 0.540. The molecule has 0 nitrogen and oxygen atoms in total. The summed E-state index contributed by atoms with van der Waals surface area (Å²) >= 11 is 0. The average molecular weight is 615 g/mol. The van der Waals surface area contributed by atoms with E-state index in [0.717, 1.165) is 17.1 Å². The maximum absolute atomic E-state index is 2.34. The van der Waals surface area contributed by atoms with E-state index >= 15 is 0 Å². The lowest BCUT2D eigenvalue weighted by atomic mass is 10.0. The number of benzene rings is 2. The summed E-state index contributed by atoms with van der Waals surface area (Å²) in [5.41, 5.74) is 2.89. The van der Waals surface area contributed by atoms with Crippen LogP contribution in [0.25, 0.3) is 0 Å². The minimum atomic E-state index is 0.621. The highest BCUT2D eigenvalue weighted by atomic mass is 33.1. The summed E-state index contributed by atoms with van der Waals surface area (Å²) in [5, 5.41) is 2.17. The van der Waals surface area contributed by atoms with Crippen LogP contribution >= 0.6 is 64.8 Å². The normalized spacial score (nSPS) is 15.5. The molecule has 3 rings (SSSR count). The molecular formula is C31H50S6. The van der Waals surface area contributed by atoms with Gasteiger partial charge in [-0.2, -0.15) is 0 Å². The summed E-state index contributed by atoms with van der Waals surface area (Å²) in [6, 6.07) is 21.5. The van der Waals surface area contributed by atoms with E-state index < -0.39 is 0 Å². The molecule has 210 valence electrons. The summed E-state index contributed by atoms with van der Waals surface area (Å²) in [7, 11) is 11.8. The van der Waals surface area contributed by atoms with Crippen molar-refractivity contribution in [1.29, 1.82) is 0 Å². The summed E-state index contributed by atoms with van der Waals surface area (Å²) in [5.74, 6) is 4.49. The van der Waals surface area contributed by atoms with E-state index in [0.29, 0.717) is 22.3 Å². The van der Waals surface area contributed by atoms with Crippen LogP contribution in [-0.4, -0.2) is 23.5 Å². The van der Waals surface area contributed by atoms with Crippen LogP contribution in [-0.2, 0) is 0 Å². The van der Waals surface area contributed by atoms with Crippen molar-refractivity contribution in [3.8, 4) is 0 Å². The fourth-order valence-electron chi connectivity index (χ4n) is 3.90. The van der Waals surface area contributed by atoms with Gasteiger partial charge >= 0.3 is 0 Å². The summed E-state index contributed by atoms with van der Waals surface area (Å²) in [4.78, 5) is 0. The van der Waals surface area contributed by atoms with E-state index in [1.807, 2.05) is 54.0 Å². The molecule has 3 atom stereocenters. The topological polar surface area (TPSA) is 0 Å². The molecule has 6 heteroatoms. The van der Waals surface area contributed by atoms with Crippen molar-refractivity contribution < 1.29 is 0 Å². The smallest absolute Gasteiger partial charge is 0.0423 e. The molecule has 37 heavy (non-hydrogen) atoms. The Labute approximate surface area is 253 Å². The molecule has 1 aliphatic carbocycles. The van der Waals surface area contributed by atoms with E-state index in [1.54, 1.807) is 0 Å². The first-order valence-electron chi connectivity index (χ1n) is 13.5. The fraction of sp³-hybridized carbons (Fsp3) is 0.613. The molecule has 0 N–H and O–H groups in total. The highest BCUT2D eigenvalue weighted by Gasteiger charge is 2.33. The van der Waals surface area contributed by atoms with Crippen LogP contribution in [0.5, 0.6) is 0 Å². The molecule has 1 saturated carbocycles. The zero-order chi connectivity index (χ0) is 27.6.